The average Bonchev–Trinajstić information content (AvgIpc) is 3.30. The Morgan fingerprint density at radius 1 is 0.941 bits per heavy atom. The van der Waals surface area contributed by atoms with E-state index in [0.717, 1.165) is 11.7 Å². The molecule has 34 heavy (non-hydrogen) atoms. The number of carbonyl (C=O) groups is 2. The topological polar surface area (TPSA) is 119 Å². The molecule has 2 amide bonds. The molecule has 0 radical (unpaired) electrons. The lowest BCUT2D eigenvalue weighted by Gasteiger charge is -2.19. The molecule has 1 aromatic heterocycles. The second-order valence-electron chi connectivity index (χ2n) is 7.52. The zero-order chi connectivity index (χ0) is 24.3. The third-order valence-electron chi connectivity index (χ3n) is 4.87. The van der Waals surface area contributed by atoms with Crippen molar-refractivity contribution >= 4 is 44.6 Å². The first kappa shape index (κ1) is 23.3. The summed E-state index contributed by atoms with van der Waals surface area (Å²) in [6.45, 7) is 0. The Hall–Kier alpha value is -3.83. The van der Waals surface area contributed by atoms with Crippen molar-refractivity contribution in [3.8, 4) is 5.75 Å². The van der Waals surface area contributed by atoms with Gasteiger partial charge in [0.25, 0.3) is 21.8 Å². The van der Waals surface area contributed by atoms with E-state index in [4.69, 9.17) is 4.74 Å². The highest BCUT2D eigenvalue weighted by atomic mass is 32.2. The van der Waals surface area contributed by atoms with E-state index in [0.29, 0.717) is 22.2 Å². The first-order chi connectivity index (χ1) is 16.2. The Morgan fingerprint density at radius 2 is 1.62 bits per heavy atom. The molecule has 0 saturated heterocycles. The minimum Gasteiger partial charge on any atom is -0.476 e. The summed E-state index contributed by atoms with van der Waals surface area (Å²) in [5.41, 5.74) is 2.05. The molecule has 1 heterocycles. The van der Waals surface area contributed by atoms with Gasteiger partial charge in [0.2, 0.25) is 6.10 Å². The molecule has 11 heteroatoms. The number of ether oxygens (including phenoxy) is 1. The Morgan fingerprint density at radius 3 is 2.29 bits per heavy atom. The third kappa shape index (κ3) is 5.05. The van der Waals surface area contributed by atoms with Crippen LogP contribution in [0.2, 0.25) is 0 Å². The number of sulfonamides is 1. The molecule has 1 atom stereocenters. The van der Waals surface area contributed by atoms with Gasteiger partial charge in [0.05, 0.1) is 16.6 Å². The summed E-state index contributed by atoms with van der Waals surface area (Å²) < 4.78 is 41.8. The predicted molar refractivity (Wildman–Crippen MR) is 127 cm³/mol. The largest absolute Gasteiger partial charge is 0.476 e. The molecular weight excluding hydrogens is 476 g/mol. The van der Waals surface area contributed by atoms with Crippen molar-refractivity contribution in [1.82, 2.24) is 18.4 Å². The van der Waals surface area contributed by atoms with E-state index in [1.54, 1.807) is 74.8 Å². The molecule has 0 fully saturated rings. The zero-order valence-corrected chi connectivity index (χ0v) is 19.8. The van der Waals surface area contributed by atoms with Crippen molar-refractivity contribution in [3.63, 3.8) is 0 Å². The fourth-order valence-corrected chi connectivity index (χ4v) is 4.67. The van der Waals surface area contributed by atoms with Gasteiger partial charge in [-0.1, -0.05) is 24.3 Å². The first-order valence-electron chi connectivity index (χ1n) is 10.1. The van der Waals surface area contributed by atoms with Crippen LogP contribution in [-0.2, 0) is 14.8 Å². The highest BCUT2D eigenvalue weighted by molar-refractivity contribution is 7.90. The summed E-state index contributed by atoms with van der Waals surface area (Å²) in [6, 6.07) is 18.8. The SMILES string of the molecule is CN(C)C(=O)c1ccc(OC(C(=O)NS(=O)(=O)c2ccccc2)c2ccc3nsnc3c2)cc1. The lowest BCUT2D eigenvalue weighted by Crippen LogP contribution is -2.36. The Labute approximate surface area is 200 Å². The third-order valence-corrected chi connectivity index (χ3v) is 6.79. The van der Waals surface area contributed by atoms with Gasteiger partial charge < -0.3 is 9.64 Å². The molecule has 1 unspecified atom stereocenters. The van der Waals surface area contributed by atoms with Gasteiger partial charge in [-0.25, -0.2) is 13.1 Å². The number of benzene rings is 3. The van der Waals surface area contributed by atoms with Gasteiger partial charge in [0.15, 0.2) is 0 Å². The second kappa shape index (κ2) is 9.57. The molecule has 0 bridgehead atoms. The molecule has 174 valence electrons. The molecule has 0 saturated carbocycles. The van der Waals surface area contributed by atoms with E-state index in [-0.39, 0.29) is 16.6 Å². The van der Waals surface area contributed by atoms with Crippen LogP contribution in [0, 0.1) is 0 Å². The fraction of sp³-hybridized carbons (Fsp3) is 0.130. The van der Waals surface area contributed by atoms with Crippen LogP contribution in [0.4, 0.5) is 0 Å². The summed E-state index contributed by atoms with van der Waals surface area (Å²) in [6.07, 6.45) is -1.31. The lowest BCUT2D eigenvalue weighted by atomic mass is 10.1. The lowest BCUT2D eigenvalue weighted by molar-refractivity contribution is -0.126. The second-order valence-corrected chi connectivity index (χ2v) is 9.73. The summed E-state index contributed by atoms with van der Waals surface area (Å²) >= 11 is 1.03. The minimum absolute atomic E-state index is 0.0483. The predicted octanol–water partition coefficient (Wildman–Crippen LogP) is 3.02. The molecule has 4 aromatic rings. The van der Waals surface area contributed by atoms with Crippen molar-refractivity contribution < 1.29 is 22.7 Å². The number of aromatic nitrogens is 2. The van der Waals surface area contributed by atoms with E-state index in [9.17, 15) is 18.0 Å². The normalized spacial score (nSPS) is 12.2. The van der Waals surface area contributed by atoms with Gasteiger partial charge in [-0.3, -0.25) is 9.59 Å². The van der Waals surface area contributed by atoms with Gasteiger partial charge >= 0.3 is 0 Å². The molecule has 0 spiro atoms. The van der Waals surface area contributed by atoms with Crippen LogP contribution in [0.15, 0.2) is 77.7 Å². The number of carbonyl (C=O) groups excluding carboxylic acids is 2. The van der Waals surface area contributed by atoms with E-state index in [1.165, 1.54) is 17.0 Å². The van der Waals surface area contributed by atoms with Crippen LogP contribution in [-0.4, -0.2) is 48.0 Å². The number of hydrogen-bond acceptors (Lipinski definition) is 8. The molecular formula is C23H20N4O5S2. The molecule has 9 nitrogen and oxygen atoms in total. The van der Waals surface area contributed by atoms with E-state index in [1.807, 2.05) is 0 Å². The van der Waals surface area contributed by atoms with Crippen molar-refractivity contribution in [2.45, 2.75) is 11.0 Å². The maximum absolute atomic E-state index is 13.2. The Kier molecular flexibility index (Phi) is 6.57. The van der Waals surface area contributed by atoms with Crippen LogP contribution in [0.5, 0.6) is 5.75 Å². The van der Waals surface area contributed by atoms with Crippen molar-refractivity contribution in [3.05, 3.63) is 83.9 Å². The van der Waals surface area contributed by atoms with E-state index in [2.05, 4.69) is 13.5 Å². The number of rotatable bonds is 7. The van der Waals surface area contributed by atoms with Crippen molar-refractivity contribution in [1.29, 1.82) is 0 Å². The molecule has 0 aliphatic carbocycles. The molecule has 1 N–H and O–H groups in total. The van der Waals surface area contributed by atoms with Crippen LogP contribution >= 0.6 is 11.7 Å². The number of amides is 2. The van der Waals surface area contributed by atoms with E-state index >= 15 is 0 Å². The maximum Gasteiger partial charge on any atom is 0.279 e. The van der Waals surface area contributed by atoms with Gasteiger partial charge in [0, 0.05) is 25.2 Å². The monoisotopic (exact) mass is 496 g/mol. The van der Waals surface area contributed by atoms with Crippen molar-refractivity contribution in [2.24, 2.45) is 0 Å². The quantitative estimate of drug-likeness (QED) is 0.418. The molecule has 0 aliphatic rings. The van der Waals surface area contributed by atoms with Crippen molar-refractivity contribution in [2.75, 3.05) is 14.1 Å². The number of nitrogens with zero attached hydrogens (tertiary/aromatic N) is 3. The van der Waals surface area contributed by atoms with E-state index < -0.39 is 22.0 Å². The number of fused-ring (bicyclic) bond motifs is 1. The highest BCUT2D eigenvalue weighted by Gasteiger charge is 2.28. The number of hydrogen-bond donors (Lipinski definition) is 1. The van der Waals surface area contributed by atoms with Crippen LogP contribution in [0.25, 0.3) is 11.0 Å². The minimum atomic E-state index is -4.12. The van der Waals surface area contributed by atoms with Gasteiger partial charge in [0.1, 0.15) is 16.8 Å². The summed E-state index contributed by atoms with van der Waals surface area (Å²) in [7, 11) is -0.834. The summed E-state index contributed by atoms with van der Waals surface area (Å²) in [4.78, 5) is 26.7. The molecule has 0 aliphatic heterocycles. The Balaban J connectivity index is 1.65. The highest BCUT2D eigenvalue weighted by Crippen LogP contribution is 2.26. The van der Waals surface area contributed by atoms with Gasteiger partial charge in [-0.05, 0) is 48.5 Å². The average molecular weight is 497 g/mol. The van der Waals surface area contributed by atoms with Crippen LogP contribution in [0.1, 0.15) is 22.0 Å². The maximum atomic E-state index is 13.2. The fourth-order valence-electron chi connectivity index (χ4n) is 3.15. The van der Waals surface area contributed by atoms with Gasteiger partial charge in [-0.2, -0.15) is 8.75 Å². The summed E-state index contributed by atoms with van der Waals surface area (Å²) in [5, 5.41) is 0. The molecule has 4 rings (SSSR count). The standard InChI is InChI=1S/C23H20N4O5S2/c1-27(2)23(29)15-8-11-17(12-9-15)32-21(16-10-13-19-20(14-16)25-33-24-19)22(28)26-34(30,31)18-6-4-3-5-7-18/h3-14,21H,1-2H3,(H,26,28). The Bertz CT molecular complexity index is 1440. The van der Waals surface area contributed by atoms with Crippen LogP contribution in [0.3, 0.4) is 0 Å². The molecule has 3 aromatic carbocycles. The summed E-state index contributed by atoms with van der Waals surface area (Å²) in [5.74, 6) is -0.778. The van der Waals surface area contributed by atoms with Gasteiger partial charge in [-0.15, -0.1) is 0 Å². The smallest absolute Gasteiger partial charge is 0.279 e. The van der Waals surface area contributed by atoms with Crippen LogP contribution < -0.4 is 9.46 Å². The zero-order valence-electron chi connectivity index (χ0n) is 18.2. The number of nitrogens with one attached hydrogen (secondary N) is 1. The first-order valence-corrected chi connectivity index (χ1v) is 12.3.